The van der Waals surface area contributed by atoms with E-state index >= 15 is 0 Å². The zero-order valence-corrected chi connectivity index (χ0v) is 19.2. The maximum atomic E-state index is 12.9. The van der Waals surface area contributed by atoms with Crippen molar-refractivity contribution in [3.63, 3.8) is 0 Å². The molecular weight excluding hydrogens is 432 g/mol. The Morgan fingerprint density at radius 1 is 1.03 bits per heavy atom. The van der Waals surface area contributed by atoms with Gasteiger partial charge in [-0.05, 0) is 31.5 Å². The molecule has 0 saturated heterocycles. The molecule has 0 aromatic heterocycles. The molecule has 0 saturated carbocycles. The van der Waals surface area contributed by atoms with Crippen molar-refractivity contribution in [2.24, 2.45) is 0 Å². The van der Waals surface area contributed by atoms with Crippen molar-refractivity contribution in [3.05, 3.63) is 57.6 Å². The number of hydrogen-bond acceptors (Lipinski definition) is 8. The first kappa shape index (κ1) is 25.4. The summed E-state index contributed by atoms with van der Waals surface area (Å²) in [5.74, 6) is 0.121. The van der Waals surface area contributed by atoms with Gasteiger partial charge < -0.3 is 24.3 Å². The van der Waals surface area contributed by atoms with Gasteiger partial charge in [-0.1, -0.05) is 18.2 Å². The van der Waals surface area contributed by atoms with Crippen LogP contribution in [-0.4, -0.2) is 44.2 Å². The molecule has 1 atom stereocenters. The summed E-state index contributed by atoms with van der Waals surface area (Å²) < 4.78 is 21.1. The highest BCUT2D eigenvalue weighted by atomic mass is 16.6. The normalized spacial score (nSPS) is 11.5. The predicted octanol–water partition coefficient (Wildman–Crippen LogP) is 3.36. The standard InChI is InChI=1S/C23H28N2O8/c1-14(2)33-22(27)13-17(16-8-6-7-9-18(16)25(28)29)24-21(26)12-15-10-19(30-3)23(32-5)20(11-15)31-4/h6-11,14,17H,12-13H2,1-5H3,(H,24,26). The predicted molar refractivity (Wildman–Crippen MR) is 120 cm³/mol. The molecule has 2 rings (SSSR count). The molecule has 0 bridgehead atoms. The van der Waals surface area contributed by atoms with E-state index in [-0.39, 0.29) is 30.2 Å². The first-order chi connectivity index (χ1) is 15.7. The summed E-state index contributed by atoms with van der Waals surface area (Å²) in [6, 6.07) is 8.26. The monoisotopic (exact) mass is 460 g/mol. The van der Waals surface area contributed by atoms with Crippen LogP contribution in [0.4, 0.5) is 5.69 Å². The van der Waals surface area contributed by atoms with Gasteiger partial charge in [0.25, 0.3) is 5.69 Å². The number of esters is 1. The Labute approximate surface area is 191 Å². The van der Waals surface area contributed by atoms with Gasteiger partial charge in [0, 0.05) is 6.07 Å². The summed E-state index contributed by atoms with van der Waals surface area (Å²) in [5.41, 5.74) is 0.572. The Hall–Kier alpha value is -3.82. The Bertz CT molecular complexity index is 981. The second-order valence-electron chi connectivity index (χ2n) is 7.39. The molecule has 0 fully saturated rings. The van der Waals surface area contributed by atoms with E-state index in [1.807, 2.05) is 0 Å². The summed E-state index contributed by atoms with van der Waals surface area (Å²) in [6.45, 7) is 3.39. The smallest absolute Gasteiger partial charge is 0.308 e. The van der Waals surface area contributed by atoms with E-state index in [1.165, 1.54) is 39.5 Å². The summed E-state index contributed by atoms with van der Waals surface area (Å²) in [5, 5.41) is 14.2. The van der Waals surface area contributed by atoms with Gasteiger partial charge in [-0.3, -0.25) is 19.7 Å². The lowest BCUT2D eigenvalue weighted by Crippen LogP contribution is -2.32. The largest absolute Gasteiger partial charge is 0.493 e. The number of amides is 1. The molecule has 0 aliphatic rings. The number of hydrogen-bond donors (Lipinski definition) is 1. The quantitative estimate of drug-likeness (QED) is 0.307. The Morgan fingerprint density at radius 2 is 1.64 bits per heavy atom. The summed E-state index contributed by atoms with van der Waals surface area (Å²) in [4.78, 5) is 36.1. The van der Waals surface area contributed by atoms with Gasteiger partial charge in [0.05, 0.1) is 56.8 Å². The highest BCUT2D eigenvalue weighted by molar-refractivity contribution is 5.81. The van der Waals surface area contributed by atoms with Gasteiger partial charge in [0.2, 0.25) is 11.7 Å². The van der Waals surface area contributed by atoms with Crippen molar-refractivity contribution in [2.75, 3.05) is 21.3 Å². The Kier molecular flexibility index (Phi) is 9.02. The van der Waals surface area contributed by atoms with Crippen LogP contribution in [0.5, 0.6) is 17.2 Å². The van der Waals surface area contributed by atoms with Gasteiger partial charge in [-0.25, -0.2) is 0 Å². The number of methoxy groups -OCH3 is 3. The molecule has 0 aliphatic heterocycles. The van der Waals surface area contributed by atoms with E-state index in [4.69, 9.17) is 18.9 Å². The molecule has 1 N–H and O–H groups in total. The third kappa shape index (κ3) is 6.83. The first-order valence-electron chi connectivity index (χ1n) is 10.2. The number of rotatable bonds is 11. The molecule has 178 valence electrons. The average molecular weight is 460 g/mol. The third-order valence-corrected chi connectivity index (χ3v) is 4.67. The number of nitrogens with one attached hydrogen (secondary N) is 1. The number of para-hydroxylation sites is 1. The molecule has 2 aromatic carbocycles. The molecule has 10 heteroatoms. The Morgan fingerprint density at radius 3 is 2.15 bits per heavy atom. The minimum absolute atomic E-state index is 0.0902. The Balaban J connectivity index is 2.32. The first-order valence-corrected chi connectivity index (χ1v) is 10.2. The van der Waals surface area contributed by atoms with Crippen LogP contribution in [0.3, 0.4) is 0 Å². The molecule has 0 radical (unpaired) electrons. The molecule has 1 amide bonds. The fourth-order valence-corrected chi connectivity index (χ4v) is 3.33. The van der Waals surface area contributed by atoms with Gasteiger partial charge in [0.1, 0.15) is 0 Å². The number of nitrogens with zero attached hydrogens (tertiary/aromatic N) is 1. The maximum Gasteiger partial charge on any atom is 0.308 e. The van der Waals surface area contributed by atoms with Crippen LogP contribution in [0, 0.1) is 10.1 Å². The number of carbonyl (C=O) groups is 2. The van der Waals surface area contributed by atoms with Gasteiger partial charge >= 0.3 is 5.97 Å². The van der Waals surface area contributed by atoms with Gasteiger partial charge in [-0.15, -0.1) is 0 Å². The van der Waals surface area contributed by atoms with Crippen LogP contribution >= 0.6 is 0 Å². The van der Waals surface area contributed by atoms with Crippen LogP contribution in [0.15, 0.2) is 36.4 Å². The summed E-state index contributed by atoms with van der Waals surface area (Å²) >= 11 is 0. The minimum atomic E-state index is -0.951. The van der Waals surface area contributed by atoms with Crippen LogP contribution in [0.2, 0.25) is 0 Å². The molecule has 0 spiro atoms. The number of ether oxygens (including phenoxy) is 4. The maximum absolute atomic E-state index is 12.9. The highest BCUT2D eigenvalue weighted by Crippen LogP contribution is 2.38. The lowest BCUT2D eigenvalue weighted by Gasteiger charge is -2.20. The van der Waals surface area contributed by atoms with E-state index in [2.05, 4.69) is 5.32 Å². The van der Waals surface area contributed by atoms with Crippen molar-refractivity contribution in [1.82, 2.24) is 5.32 Å². The van der Waals surface area contributed by atoms with E-state index in [9.17, 15) is 19.7 Å². The van der Waals surface area contributed by atoms with Crippen molar-refractivity contribution in [2.45, 2.75) is 38.8 Å². The number of benzene rings is 2. The second-order valence-corrected chi connectivity index (χ2v) is 7.39. The van der Waals surface area contributed by atoms with Crippen LogP contribution in [0.25, 0.3) is 0 Å². The van der Waals surface area contributed by atoms with E-state index < -0.39 is 22.8 Å². The van der Waals surface area contributed by atoms with E-state index in [0.717, 1.165) is 0 Å². The number of nitro benzene ring substituents is 1. The van der Waals surface area contributed by atoms with Crippen LogP contribution in [-0.2, 0) is 20.7 Å². The van der Waals surface area contributed by atoms with E-state index in [0.29, 0.717) is 22.8 Å². The van der Waals surface area contributed by atoms with E-state index in [1.54, 1.807) is 32.0 Å². The zero-order valence-electron chi connectivity index (χ0n) is 19.2. The molecule has 33 heavy (non-hydrogen) atoms. The van der Waals surface area contributed by atoms with Crippen molar-refractivity contribution >= 4 is 17.6 Å². The third-order valence-electron chi connectivity index (χ3n) is 4.67. The zero-order chi connectivity index (χ0) is 24.5. The number of nitro groups is 1. The molecule has 2 aromatic rings. The summed E-state index contributed by atoms with van der Waals surface area (Å²) in [6.07, 6.45) is -0.712. The van der Waals surface area contributed by atoms with Crippen LogP contribution < -0.4 is 19.5 Å². The highest BCUT2D eigenvalue weighted by Gasteiger charge is 2.27. The topological polar surface area (TPSA) is 126 Å². The van der Waals surface area contributed by atoms with Crippen molar-refractivity contribution in [1.29, 1.82) is 0 Å². The molecule has 0 aliphatic carbocycles. The SMILES string of the molecule is COc1cc(CC(=O)NC(CC(=O)OC(C)C)c2ccccc2[N+](=O)[O-])cc(OC)c1OC. The van der Waals surface area contributed by atoms with Gasteiger partial charge in [-0.2, -0.15) is 0 Å². The average Bonchev–Trinajstić information content (AvgIpc) is 2.77. The van der Waals surface area contributed by atoms with Crippen LogP contribution in [0.1, 0.15) is 37.4 Å². The van der Waals surface area contributed by atoms with Gasteiger partial charge in [0.15, 0.2) is 11.5 Å². The van der Waals surface area contributed by atoms with Crippen molar-refractivity contribution in [3.8, 4) is 17.2 Å². The summed E-state index contributed by atoms with van der Waals surface area (Å²) in [7, 11) is 4.40. The lowest BCUT2D eigenvalue weighted by molar-refractivity contribution is -0.385. The fourth-order valence-electron chi connectivity index (χ4n) is 3.33. The molecule has 1 unspecified atom stereocenters. The molecular formula is C23H28N2O8. The number of carbonyl (C=O) groups excluding carboxylic acids is 2. The minimum Gasteiger partial charge on any atom is -0.493 e. The van der Waals surface area contributed by atoms with Crippen molar-refractivity contribution < 1.29 is 33.5 Å². The fraction of sp³-hybridized carbons (Fsp3) is 0.391. The molecule has 0 heterocycles. The second kappa shape index (κ2) is 11.7. The molecule has 10 nitrogen and oxygen atoms in total. The lowest BCUT2D eigenvalue weighted by atomic mass is 10.0.